The zero-order valence-electron chi connectivity index (χ0n) is 9.61. The van der Waals surface area contributed by atoms with Crippen LogP contribution in [0.1, 0.15) is 30.3 Å². The van der Waals surface area contributed by atoms with E-state index in [0.717, 1.165) is 24.4 Å². The number of rotatable bonds is 1. The van der Waals surface area contributed by atoms with E-state index < -0.39 is 0 Å². The van der Waals surface area contributed by atoms with E-state index in [1.54, 1.807) is 0 Å². The highest BCUT2D eigenvalue weighted by Gasteiger charge is 2.20. The van der Waals surface area contributed by atoms with Crippen LogP contribution in [0.5, 0.6) is 0 Å². The average molecular weight is 215 g/mol. The van der Waals surface area contributed by atoms with Crippen molar-refractivity contribution in [3.63, 3.8) is 0 Å². The smallest absolute Gasteiger partial charge is 0.137 e. The molecule has 3 nitrogen and oxygen atoms in total. The second-order valence-electron chi connectivity index (χ2n) is 4.82. The van der Waals surface area contributed by atoms with E-state index in [2.05, 4.69) is 34.6 Å². The maximum Gasteiger partial charge on any atom is 0.137 e. The van der Waals surface area contributed by atoms with Gasteiger partial charge in [0.05, 0.1) is 5.69 Å². The molecule has 2 N–H and O–H groups in total. The SMILES string of the molecule is CC1CCc2nc3ccc(CN)cn3c2C1. The summed E-state index contributed by atoms with van der Waals surface area (Å²) in [5.74, 6) is 0.772. The van der Waals surface area contributed by atoms with E-state index >= 15 is 0 Å². The van der Waals surface area contributed by atoms with Crippen LogP contribution < -0.4 is 5.73 Å². The number of aryl methyl sites for hydroxylation is 1. The maximum atomic E-state index is 5.68. The van der Waals surface area contributed by atoms with Gasteiger partial charge < -0.3 is 10.1 Å². The van der Waals surface area contributed by atoms with Gasteiger partial charge in [-0.25, -0.2) is 4.98 Å². The molecule has 3 heteroatoms. The topological polar surface area (TPSA) is 43.3 Å². The molecule has 0 aromatic carbocycles. The molecule has 84 valence electrons. The Morgan fingerprint density at radius 2 is 2.38 bits per heavy atom. The van der Waals surface area contributed by atoms with Crippen molar-refractivity contribution < 1.29 is 0 Å². The fourth-order valence-corrected chi connectivity index (χ4v) is 2.54. The van der Waals surface area contributed by atoms with Crippen LogP contribution in [-0.2, 0) is 19.4 Å². The maximum absolute atomic E-state index is 5.68. The molecular formula is C13H17N3. The van der Waals surface area contributed by atoms with Crippen molar-refractivity contribution in [2.75, 3.05) is 0 Å². The molecule has 1 aliphatic carbocycles. The number of imidazole rings is 1. The molecule has 0 saturated carbocycles. The van der Waals surface area contributed by atoms with E-state index in [-0.39, 0.29) is 0 Å². The summed E-state index contributed by atoms with van der Waals surface area (Å²) < 4.78 is 2.23. The molecule has 1 atom stereocenters. The highest BCUT2D eigenvalue weighted by molar-refractivity contribution is 5.45. The van der Waals surface area contributed by atoms with Gasteiger partial charge in [-0.2, -0.15) is 0 Å². The van der Waals surface area contributed by atoms with Gasteiger partial charge in [-0.3, -0.25) is 0 Å². The summed E-state index contributed by atoms with van der Waals surface area (Å²) in [6.45, 7) is 2.91. The number of aromatic nitrogens is 2. The molecule has 0 bridgehead atoms. The van der Waals surface area contributed by atoms with Crippen LogP contribution in [0.15, 0.2) is 18.3 Å². The number of fused-ring (bicyclic) bond motifs is 3. The highest BCUT2D eigenvalue weighted by Crippen LogP contribution is 2.26. The molecule has 16 heavy (non-hydrogen) atoms. The third-order valence-corrected chi connectivity index (χ3v) is 3.51. The molecular weight excluding hydrogens is 198 g/mol. The van der Waals surface area contributed by atoms with Gasteiger partial charge in [0.25, 0.3) is 0 Å². The predicted molar refractivity (Wildman–Crippen MR) is 64.3 cm³/mol. The summed E-state index contributed by atoms with van der Waals surface area (Å²) in [6.07, 6.45) is 5.67. The monoisotopic (exact) mass is 215 g/mol. The van der Waals surface area contributed by atoms with Gasteiger partial charge >= 0.3 is 0 Å². The Balaban J connectivity index is 2.20. The summed E-state index contributed by atoms with van der Waals surface area (Å²) in [4.78, 5) is 4.69. The highest BCUT2D eigenvalue weighted by atomic mass is 15.0. The van der Waals surface area contributed by atoms with Crippen molar-refractivity contribution in [1.29, 1.82) is 0 Å². The van der Waals surface area contributed by atoms with E-state index in [1.165, 1.54) is 23.4 Å². The van der Waals surface area contributed by atoms with Gasteiger partial charge in [0, 0.05) is 18.4 Å². The number of hydrogen-bond acceptors (Lipinski definition) is 2. The Hall–Kier alpha value is -1.35. The summed E-state index contributed by atoms with van der Waals surface area (Å²) in [6, 6.07) is 4.14. The summed E-state index contributed by atoms with van der Waals surface area (Å²) in [5.41, 5.74) is 10.6. The van der Waals surface area contributed by atoms with E-state index in [0.29, 0.717) is 6.54 Å². The minimum atomic E-state index is 0.596. The van der Waals surface area contributed by atoms with Gasteiger partial charge in [0.15, 0.2) is 0 Å². The summed E-state index contributed by atoms with van der Waals surface area (Å²) >= 11 is 0. The van der Waals surface area contributed by atoms with Crippen LogP contribution >= 0.6 is 0 Å². The average Bonchev–Trinajstić information content (AvgIpc) is 2.66. The third-order valence-electron chi connectivity index (χ3n) is 3.51. The molecule has 0 aliphatic heterocycles. The minimum Gasteiger partial charge on any atom is -0.326 e. The minimum absolute atomic E-state index is 0.596. The molecule has 1 aliphatic rings. The summed E-state index contributed by atoms with van der Waals surface area (Å²) in [5, 5.41) is 0. The van der Waals surface area contributed by atoms with Gasteiger partial charge in [-0.15, -0.1) is 0 Å². The van der Waals surface area contributed by atoms with Gasteiger partial charge in [0.2, 0.25) is 0 Å². The zero-order valence-corrected chi connectivity index (χ0v) is 9.61. The first-order valence-corrected chi connectivity index (χ1v) is 5.96. The van der Waals surface area contributed by atoms with Crippen molar-refractivity contribution >= 4 is 5.65 Å². The van der Waals surface area contributed by atoms with Gasteiger partial charge in [-0.1, -0.05) is 13.0 Å². The molecule has 2 aromatic heterocycles. The molecule has 3 rings (SSSR count). The molecule has 2 heterocycles. The van der Waals surface area contributed by atoms with E-state index in [1.807, 2.05) is 0 Å². The Kier molecular flexibility index (Phi) is 2.21. The van der Waals surface area contributed by atoms with Crippen LogP contribution in [0, 0.1) is 5.92 Å². The molecule has 0 fully saturated rings. The second-order valence-corrected chi connectivity index (χ2v) is 4.82. The molecule has 0 radical (unpaired) electrons. The van der Waals surface area contributed by atoms with Crippen molar-refractivity contribution in [3.05, 3.63) is 35.3 Å². The van der Waals surface area contributed by atoms with Crippen molar-refractivity contribution in [3.8, 4) is 0 Å². The number of pyridine rings is 1. The Morgan fingerprint density at radius 3 is 3.19 bits per heavy atom. The Bertz CT molecular complexity index is 527. The van der Waals surface area contributed by atoms with E-state index in [9.17, 15) is 0 Å². The number of nitrogens with zero attached hydrogens (tertiary/aromatic N) is 2. The van der Waals surface area contributed by atoms with Crippen LogP contribution in [0.4, 0.5) is 0 Å². The third kappa shape index (κ3) is 1.43. The first kappa shape index (κ1) is 9.85. The Labute approximate surface area is 95.3 Å². The normalized spacial score (nSPS) is 20.0. The van der Waals surface area contributed by atoms with E-state index in [4.69, 9.17) is 5.73 Å². The van der Waals surface area contributed by atoms with Crippen LogP contribution in [0.25, 0.3) is 5.65 Å². The lowest BCUT2D eigenvalue weighted by molar-refractivity contribution is 0.488. The predicted octanol–water partition coefficient (Wildman–Crippen LogP) is 1.92. The fourth-order valence-electron chi connectivity index (χ4n) is 2.54. The number of nitrogens with two attached hydrogens (primary N) is 1. The number of hydrogen-bond donors (Lipinski definition) is 1. The molecule has 0 saturated heterocycles. The van der Waals surface area contributed by atoms with Gasteiger partial charge in [-0.05, 0) is 36.8 Å². The lowest BCUT2D eigenvalue weighted by Crippen LogP contribution is -2.12. The molecule has 0 amide bonds. The fraction of sp³-hybridized carbons (Fsp3) is 0.462. The first-order chi connectivity index (χ1) is 7.78. The van der Waals surface area contributed by atoms with Crippen molar-refractivity contribution in [2.24, 2.45) is 11.7 Å². The standard InChI is InChI=1S/C13H17N3/c1-9-2-4-11-12(6-9)16-8-10(7-14)3-5-13(16)15-11/h3,5,8-9H,2,4,6-7,14H2,1H3. The quantitative estimate of drug-likeness (QED) is 0.789. The second kappa shape index (κ2) is 3.59. The molecule has 1 unspecified atom stereocenters. The Morgan fingerprint density at radius 1 is 1.50 bits per heavy atom. The van der Waals surface area contributed by atoms with Gasteiger partial charge in [0.1, 0.15) is 5.65 Å². The van der Waals surface area contributed by atoms with Crippen molar-refractivity contribution in [1.82, 2.24) is 9.38 Å². The molecule has 0 spiro atoms. The summed E-state index contributed by atoms with van der Waals surface area (Å²) in [7, 11) is 0. The first-order valence-electron chi connectivity index (χ1n) is 5.96. The van der Waals surface area contributed by atoms with Crippen LogP contribution in [-0.4, -0.2) is 9.38 Å². The van der Waals surface area contributed by atoms with Crippen LogP contribution in [0.3, 0.4) is 0 Å². The lowest BCUT2D eigenvalue weighted by atomic mass is 9.91. The largest absolute Gasteiger partial charge is 0.326 e. The molecule has 2 aromatic rings. The lowest BCUT2D eigenvalue weighted by Gasteiger charge is -2.17. The van der Waals surface area contributed by atoms with Crippen LogP contribution in [0.2, 0.25) is 0 Å². The zero-order chi connectivity index (χ0) is 11.1. The van der Waals surface area contributed by atoms with Crippen molar-refractivity contribution in [2.45, 2.75) is 32.7 Å².